The minimum absolute atomic E-state index is 0.0285. The van der Waals surface area contributed by atoms with Crippen LogP contribution in [0.3, 0.4) is 0 Å². The van der Waals surface area contributed by atoms with Crippen molar-refractivity contribution in [3.05, 3.63) is 48.6 Å². The van der Waals surface area contributed by atoms with Crippen LogP contribution in [0, 0.1) is 0 Å². The van der Waals surface area contributed by atoms with Gasteiger partial charge in [0.2, 0.25) is 5.91 Å². The van der Waals surface area contributed by atoms with Crippen LogP contribution in [-0.2, 0) is 14.3 Å². The van der Waals surface area contributed by atoms with Crippen molar-refractivity contribution in [2.75, 3.05) is 13.2 Å². The molecule has 0 aromatic rings. The Bertz CT molecular complexity index is 1260. The molecule has 0 fully saturated rings. The highest BCUT2D eigenvalue weighted by Gasteiger charge is 2.20. The van der Waals surface area contributed by atoms with Gasteiger partial charge in [-0.1, -0.05) is 294 Å². The number of carbonyl (C=O) groups is 2. The fourth-order valence-corrected chi connectivity index (χ4v) is 10.2. The lowest BCUT2D eigenvalue weighted by Gasteiger charge is -2.22. The van der Waals surface area contributed by atoms with Gasteiger partial charge < -0.3 is 20.3 Å². The van der Waals surface area contributed by atoms with Crippen molar-refractivity contribution in [1.82, 2.24) is 5.32 Å². The number of aliphatic hydroxyl groups is 2. The molecule has 2 unspecified atom stereocenters. The van der Waals surface area contributed by atoms with E-state index in [9.17, 15) is 19.8 Å². The smallest absolute Gasteiger partial charge is 0.305 e. The van der Waals surface area contributed by atoms with Gasteiger partial charge in [0.1, 0.15) is 0 Å². The van der Waals surface area contributed by atoms with Crippen molar-refractivity contribution in [1.29, 1.82) is 0 Å². The van der Waals surface area contributed by atoms with E-state index in [4.69, 9.17) is 4.74 Å². The van der Waals surface area contributed by atoms with Crippen LogP contribution in [0.2, 0.25) is 0 Å². The van der Waals surface area contributed by atoms with Crippen LogP contribution in [0.25, 0.3) is 0 Å². The van der Waals surface area contributed by atoms with Crippen molar-refractivity contribution >= 4 is 11.9 Å². The predicted octanol–water partition coefficient (Wildman–Crippen LogP) is 21.3. The topological polar surface area (TPSA) is 95.9 Å². The minimum atomic E-state index is -0.678. The van der Waals surface area contributed by atoms with Crippen molar-refractivity contribution in [3.8, 4) is 0 Å². The number of carbonyl (C=O) groups excluding carboxylic acids is 2. The molecule has 0 saturated carbocycles. The summed E-state index contributed by atoms with van der Waals surface area (Å²) in [6.45, 7) is 4.91. The Morgan fingerprint density at radius 2 is 0.667 bits per heavy atom. The van der Waals surface area contributed by atoms with E-state index in [1.807, 2.05) is 0 Å². The SMILES string of the molecule is CCCCCC/C=C\C/C=C\CCCCCCCC(=O)OCCCCC/C=C\C/C=C\CCCCCCCCCC(=O)NC(CO)C(O)CCCCCCCCCCCCCCCCCCCCCCCCCCC. The maximum absolute atomic E-state index is 12.5. The van der Waals surface area contributed by atoms with Crippen LogP contribution in [0.1, 0.15) is 354 Å². The Morgan fingerprint density at radius 1 is 0.373 bits per heavy atom. The summed E-state index contributed by atoms with van der Waals surface area (Å²) in [5, 5.41) is 23.4. The predicted molar refractivity (Wildman–Crippen MR) is 329 cm³/mol. The lowest BCUT2D eigenvalue weighted by atomic mass is 10.0. The highest BCUT2D eigenvalue weighted by atomic mass is 16.5. The Balaban J connectivity index is 3.49. The van der Waals surface area contributed by atoms with Crippen LogP contribution in [-0.4, -0.2) is 47.4 Å². The fourth-order valence-electron chi connectivity index (χ4n) is 10.2. The van der Waals surface area contributed by atoms with Gasteiger partial charge in [0.25, 0.3) is 0 Å². The normalized spacial score (nSPS) is 12.9. The monoisotopic (exact) mass is 1050 g/mol. The van der Waals surface area contributed by atoms with Gasteiger partial charge in [0, 0.05) is 12.8 Å². The molecule has 0 saturated heterocycles. The molecule has 0 aromatic heterocycles. The Kier molecular flexibility index (Phi) is 62.5. The number of nitrogens with one attached hydrogen (secondary N) is 1. The standard InChI is InChI=1S/C69H129NO5/c1-3-5-7-9-11-13-15-17-19-21-22-23-24-25-26-27-28-30-33-37-41-45-49-53-57-61-67(72)66(65-71)70-68(73)62-58-54-50-46-42-38-34-31-29-32-36-40-44-48-52-56-60-64-75-69(74)63-59-55-51-47-43-39-35-20-18-16-14-12-10-8-6-4-2/h14,16,20,29,32,35,40,44,66-67,71-72H,3-13,15,17-19,21-28,30-31,33-34,36-39,41-43,45-65H2,1-2H3,(H,70,73)/b16-14-,32-29-,35-20-,44-40-. The summed E-state index contributed by atoms with van der Waals surface area (Å²) >= 11 is 0. The zero-order valence-electron chi connectivity index (χ0n) is 50.3. The molecule has 75 heavy (non-hydrogen) atoms. The summed E-state index contributed by atoms with van der Waals surface area (Å²) < 4.78 is 5.46. The molecule has 0 bridgehead atoms. The molecule has 0 heterocycles. The van der Waals surface area contributed by atoms with Crippen LogP contribution in [0.4, 0.5) is 0 Å². The largest absolute Gasteiger partial charge is 0.466 e. The first-order valence-corrected chi connectivity index (χ1v) is 33.4. The molecular formula is C69H129NO5. The molecule has 440 valence electrons. The van der Waals surface area contributed by atoms with E-state index in [0.717, 1.165) is 96.3 Å². The molecule has 0 radical (unpaired) electrons. The summed E-state index contributed by atoms with van der Waals surface area (Å²) in [6.07, 6.45) is 82.8. The summed E-state index contributed by atoms with van der Waals surface area (Å²) in [5.41, 5.74) is 0. The van der Waals surface area contributed by atoms with Crippen LogP contribution < -0.4 is 5.32 Å². The first-order chi connectivity index (χ1) is 37.0. The minimum Gasteiger partial charge on any atom is -0.466 e. The summed E-state index contributed by atoms with van der Waals surface area (Å²) in [5.74, 6) is -0.0770. The quantitative estimate of drug-likeness (QED) is 0.0320. The maximum Gasteiger partial charge on any atom is 0.305 e. The average molecular weight is 1050 g/mol. The van der Waals surface area contributed by atoms with Crippen molar-refractivity contribution in [3.63, 3.8) is 0 Å². The fraction of sp³-hybridized carbons (Fsp3) is 0.855. The second-order valence-electron chi connectivity index (χ2n) is 22.8. The molecule has 0 aliphatic carbocycles. The number of unbranched alkanes of at least 4 members (excludes halogenated alkanes) is 43. The van der Waals surface area contributed by atoms with E-state index in [2.05, 4.69) is 67.8 Å². The number of amides is 1. The Hall–Kier alpha value is -2.18. The van der Waals surface area contributed by atoms with Crippen LogP contribution in [0.5, 0.6) is 0 Å². The van der Waals surface area contributed by atoms with Gasteiger partial charge in [0.05, 0.1) is 25.4 Å². The molecular weight excluding hydrogens is 923 g/mol. The molecule has 0 spiro atoms. The maximum atomic E-state index is 12.5. The van der Waals surface area contributed by atoms with E-state index in [1.165, 1.54) is 225 Å². The Labute approximate surface area is 467 Å². The average Bonchev–Trinajstić information content (AvgIpc) is 3.41. The molecule has 6 nitrogen and oxygen atoms in total. The number of esters is 1. The van der Waals surface area contributed by atoms with Gasteiger partial charge in [-0.2, -0.15) is 0 Å². The molecule has 0 rings (SSSR count). The zero-order chi connectivity index (χ0) is 54.3. The van der Waals surface area contributed by atoms with E-state index in [0.29, 0.717) is 25.9 Å². The van der Waals surface area contributed by atoms with Crippen molar-refractivity contribution in [2.24, 2.45) is 0 Å². The van der Waals surface area contributed by atoms with Gasteiger partial charge >= 0.3 is 5.97 Å². The van der Waals surface area contributed by atoms with E-state index in [-0.39, 0.29) is 18.5 Å². The number of rotatable bonds is 62. The summed E-state index contributed by atoms with van der Waals surface area (Å²) in [6, 6.07) is -0.557. The number of hydrogen-bond donors (Lipinski definition) is 3. The second-order valence-corrected chi connectivity index (χ2v) is 22.8. The molecule has 0 aliphatic heterocycles. The van der Waals surface area contributed by atoms with Gasteiger partial charge in [-0.05, 0) is 96.3 Å². The lowest BCUT2D eigenvalue weighted by molar-refractivity contribution is -0.143. The van der Waals surface area contributed by atoms with E-state index in [1.54, 1.807) is 0 Å². The van der Waals surface area contributed by atoms with Gasteiger partial charge in [-0.25, -0.2) is 0 Å². The highest BCUT2D eigenvalue weighted by Crippen LogP contribution is 2.18. The van der Waals surface area contributed by atoms with Gasteiger partial charge in [0.15, 0.2) is 0 Å². The number of aliphatic hydroxyl groups excluding tert-OH is 2. The van der Waals surface area contributed by atoms with Crippen LogP contribution in [0.15, 0.2) is 48.6 Å². The zero-order valence-corrected chi connectivity index (χ0v) is 50.3. The third-order valence-electron chi connectivity index (χ3n) is 15.4. The lowest BCUT2D eigenvalue weighted by Crippen LogP contribution is -2.45. The number of ether oxygens (including phenoxy) is 1. The molecule has 0 aliphatic rings. The van der Waals surface area contributed by atoms with Gasteiger partial charge in [-0.3, -0.25) is 9.59 Å². The first kappa shape index (κ1) is 72.8. The van der Waals surface area contributed by atoms with E-state index < -0.39 is 12.1 Å². The molecule has 0 aromatic carbocycles. The number of allylic oxidation sites excluding steroid dienone is 8. The van der Waals surface area contributed by atoms with Crippen LogP contribution >= 0.6 is 0 Å². The molecule has 6 heteroatoms. The van der Waals surface area contributed by atoms with E-state index >= 15 is 0 Å². The van der Waals surface area contributed by atoms with Crippen molar-refractivity contribution in [2.45, 2.75) is 366 Å². The highest BCUT2D eigenvalue weighted by molar-refractivity contribution is 5.76. The second kappa shape index (κ2) is 64.3. The molecule has 3 N–H and O–H groups in total. The summed E-state index contributed by atoms with van der Waals surface area (Å²) in [7, 11) is 0. The van der Waals surface area contributed by atoms with Crippen molar-refractivity contribution < 1.29 is 24.5 Å². The third kappa shape index (κ3) is 60.9. The molecule has 2 atom stereocenters. The first-order valence-electron chi connectivity index (χ1n) is 33.4. The number of hydrogen-bond acceptors (Lipinski definition) is 5. The molecule has 1 amide bonds. The Morgan fingerprint density at radius 3 is 1.03 bits per heavy atom. The van der Waals surface area contributed by atoms with Gasteiger partial charge in [-0.15, -0.1) is 0 Å². The third-order valence-corrected chi connectivity index (χ3v) is 15.4. The summed E-state index contributed by atoms with van der Waals surface area (Å²) in [4.78, 5) is 24.6.